The van der Waals surface area contributed by atoms with Crippen LogP contribution in [0.4, 0.5) is 22.2 Å². The molecule has 0 aliphatic carbocycles. The molecule has 0 atom stereocenters. The molecule has 0 saturated carbocycles. The molecule has 2 aliphatic rings. The second-order valence-electron chi connectivity index (χ2n) is 7.99. The number of carbonyl (C=O) groups excluding carboxylic acids is 1. The van der Waals surface area contributed by atoms with Crippen LogP contribution in [-0.2, 0) is 0 Å². The molecule has 0 bridgehead atoms. The van der Waals surface area contributed by atoms with Crippen molar-refractivity contribution in [2.45, 2.75) is 33.1 Å². The Morgan fingerprint density at radius 2 is 1.66 bits per heavy atom. The molecule has 1 aromatic heterocycles. The highest BCUT2D eigenvalue weighted by atomic mass is 16.2. The summed E-state index contributed by atoms with van der Waals surface area (Å²) in [6, 6.07) is 9.91. The minimum absolute atomic E-state index is 0.0388. The smallest absolute Gasteiger partial charge is 0.321 e. The maximum absolute atomic E-state index is 12.6. The molecule has 7 nitrogen and oxygen atoms in total. The normalized spacial score (nSPS) is 17.4. The zero-order chi connectivity index (χ0) is 20.2. The molecular weight excluding hydrogens is 364 g/mol. The number of urea groups is 1. The van der Waals surface area contributed by atoms with E-state index in [9.17, 15) is 4.79 Å². The number of anilines is 3. The van der Waals surface area contributed by atoms with Crippen molar-refractivity contribution >= 4 is 23.5 Å². The number of hydrogen-bond acceptors (Lipinski definition) is 5. The summed E-state index contributed by atoms with van der Waals surface area (Å²) < 4.78 is 0. The number of nitrogens with one attached hydrogen (secondary N) is 1. The highest BCUT2D eigenvalue weighted by molar-refractivity contribution is 5.89. The minimum Gasteiger partial charge on any atom is -0.353 e. The summed E-state index contributed by atoms with van der Waals surface area (Å²) in [5.74, 6) is 1.82. The molecule has 2 amide bonds. The Labute approximate surface area is 172 Å². The second-order valence-corrected chi connectivity index (χ2v) is 7.99. The van der Waals surface area contributed by atoms with Crippen LogP contribution in [0.25, 0.3) is 0 Å². The molecule has 1 N–H and O–H groups in total. The topological polar surface area (TPSA) is 64.6 Å². The predicted octanol–water partition coefficient (Wildman–Crippen LogP) is 3.44. The maximum Gasteiger partial charge on any atom is 0.321 e. The molecule has 2 aromatic rings. The van der Waals surface area contributed by atoms with Crippen molar-refractivity contribution in [2.24, 2.45) is 0 Å². The largest absolute Gasteiger partial charge is 0.353 e. The van der Waals surface area contributed by atoms with Crippen molar-refractivity contribution in [3.05, 3.63) is 41.6 Å². The quantitative estimate of drug-likeness (QED) is 0.864. The van der Waals surface area contributed by atoms with Gasteiger partial charge in [-0.1, -0.05) is 12.1 Å². The average Bonchev–Trinajstić information content (AvgIpc) is 2.74. The molecule has 2 fully saturated rings. The summed E-state index contributed by atoms with van der Waals surface area (Å²) >= 11 is 0. The Morgan fingerprint density at radius 1 is 0.897 bits per heavy atom. The van der Waals surface area contributed by atoms with Crippen molar-refractivity contribution in [1.82, 2.24) is 14.9 Å². The van der Waals surface area contributed by atoms with Gasteiger partial charge in [0.25, 0.3) is 0 Å². The summed E-state index contributed by atoms with van der Waals surface area (Å²) in [4.78, 5) is 28.5. The second kappa shape index (κ2) is 8.68. The predicted molar refractivity (Wildman–Crippen MR) is 117 cm³/mol. The first-order valence-electron chi connectivity index (χ1n) is 10.6. The van der Waals surface area contributed by atoms with E-state index in [0.717, 1.165) is 54.9 Å². The molecule has 29 heavy (non-hydrogen) atoms. The van der Waals surface area contributed by atoms with Gasteiger partial charge < -0.3 is 20.0 Å². The fraction of sp³-hybridized carbons (Fsp3) is 0.500. The monoisotopic (exact) mass is 394 g/mol. The highest BCUT2D eigenvalue weighted by Gasteiger charge is 2.23. The molecule has 154 valence electrons. The van der Waals surface area contributed by atoms with Crippen molar-refractivity contribution in [3.63, 3.8) is 0 Å². The number of hydrogen-bond donors (Lipinski definition) is 1. The molecule has 0 radical (unpaired) electrons. The Hall–Kier alpha value is -2.83. The van der Waals surface area contributed by atoms with Crippen LogP contribution in [0.1, 0.15) is 30.5 Å². The summed E-state index contributed by atoms with van der Waals surface area (Å²) in [6.07, 6.45) is 3.71. The third kappa shape index (κ3) is 4.78. The minimum atomic E-state index is -0.0388. The number of rotatable bonds is 3. The Balaban J connectivity index is 1.38. The number of piperazine rings is 1. The number of carbonyl (C=O) groups is 1. The zero-order valence-corrected chi connectivity index (χ0v) is 17.4. The molecule has 4 rings (SSSR count). The van der Waals surface area contributed by atoms with E-state index in [2.05, 4.69) is 26.2 Å². The van der Waals surface area contributed by atoms with Gasteiger partial charge in [0, 0.05) is 56.7 Å². The summed E-state index contributed by atoms with van der Waals surface area (Å²) in [5.41, 5.74) is 2.97. The number of aryl methyl sites for hydroxylation is 2. The van der Waals surface area contributed by atoms with Gasteiger partial charge in [0.2, 0.25) is 5.95 Å². The fourth-order valence-electron chi connectivity index (χ4n) is 4.00. The van der Waals surface area contributed by atoms with Crippen LogP contribution < -0.4 is 15.1 Å². The lowest BCUT2D eigenvalue weighted by molar-refractivity contribution is 0.208. The number of aromatic nitrogens is 2. The zero-order valence-electron chi connectivity index (χ0n) is 17.4. The van der Waals surface area contributed by atoms with Gasteiger partial charge >= 0.3 is 6.03 Å². The first kappa shape index (κ1) is 19.5. The van der Waals surface area contributed by atoms with Gasteiger partial charge in [0.15, 0.2) is 0 Å². The summed E-state index contributed by atoms with van der Waals surface area (Å²) in [5, 5.41) is 3.00. The van der Waals surface area contributed by atoms with Crippen molar-refractivity contribution < 1.29 is 4.79 Å². The van der Waals surface area contributed by atoms with Crippen LogP contribution in [-0.4, -0.2) is 60.2 Å². The third-order valence-electron chi connectivity index (χ3n) is 5.63. The Kier molecular flexibility index (Phi) is 5.83. The van der Waals surface area contributed by atoms with E-state index >= 15 is 0 Å². The van der Waals surface area contributed by atoms with Gasteiger partial charge in [0.05, 0.1) is 0 Å². The molecule has 0 unspecified atom stereocenters. The first-order valence-corrected chi connectivity index (χ1v) is 10.6. The van der Waals surface area contributed by atoms with E-state index in [4.69, 9.17) is 4.98 Å². The van der Waals surface area contributed by atoms with Crippen LogP contribution in [0.2, 0.25) is 0 Å². The van der Waals surface area contributed by atoms with Gasteiger partial charge in [-0.25, -0.2) is 9.78 Å². The lowest BCUT2D eigenvalue weighted by atomic mass is 10.1. The maximum atomic E-state index is 12.6. The van der Waals surface area contributed by atoms with Crippen LogP contribution in [0, 0.1) is 13.8 Å². The van der Waals surface area contributed by atoms with Gasteiger partial charge in [-0.15, -0.1) is 0 Å². The van der Waals surface area contributed by atoms with Crippen molar-refractivity contribution in [1.29, 1.82) is 0 Å². The number of amides is 2. The van der Waals surface area contributed by atoms with Crippen LogP contribution >= 0.6 is 0 Å². The number of nitrogens with zero attached hydrogens (tertiary/aromatic N) is 5. The highest BCUT2D eigenvalue weighted by Crippen LogP contribution is 2.22. The Morgan fingerprint density at radius 3 is 2.38 bits per heavy atom. The average molecular weight is 395 g/mol. The van der Waals surface area contributed by atoms with Crippen LogP contribution in [0.3, 0.4) is 0 Å². The van der Waals surface area contributed by atoms with Gasteiger partial charge in [-0.05, 0) is 50.8 Å². The van der Waals surface area contributed by atoms with Gasteiger partial charge in [-0.3, -0.25) is 0 Å². The fourth-order valence-corrected chi connectivity index (χ4v) is 4.00. The first-order chi connectivity index (χ1) is 14.1. The Bertz CT molecular complexity index is 856. The number of piperidine rings is 1. The van der Waals surface area contributed by atoms with Gasteiger partial charge in [-0.2, -0.15) is 4.98 Å². The standard InChI is InChI=1S/C22H30N6O/c1-17-7-6-8-19(15-17)24-22(29)28-13-11-26(12-14-28)20-16-18(2)23-21(25-20)27-9-4-3-5-10-27/h6-8,15-16H,3-5,9-14H2,1-2H3,(H,24,29). The molecule has 0 spiro atoms. The van der Waals surface area contributed by atoms with Crippen molar-refractivity contribution in [2.75, 3.05) is 54.4 Å². The molecule has 2 aliphatic heterocycles. The van der Waals surface area contributed by atoms with E-state index < -0.39 is 0 Å². The van der Waals surface area contributed by atoms with E-state index in [1.165, 1.54) is 19.3 Å². The van der Waals surface area contributed by atoms with Crippen LogP contribution in [0.5, 0.6) is 0 Å². The van der Waals surface area contributed by atoms with E-state index in [0.29, 0.717) is 13.1 Å². The molecule has 2 saturated heterocycles. The molecule has 1 aromatic carbocycles. The summed E-state index contributed by atoms with van der Waals surface area (Å²) in [7, 11) is 0. The lowest BCUT2D eigenvalue weighted by Crippen LogP contribution is -2.50. The molecule has 7 heteroatoms. The summed E-state index contributed by atoms with van der Waals surface area (Å²) in [6.45, 7) is 9.04. The van der Waals surface area contributed by atoms with E-state index in [1.807, 2.05) is 43.0 Å². The third-order valence-corrected chi connectivity index (χ3v) is 5.63. The van der Waals surface area contributed by atoms with Crippen LogP contribution in [0.15, 0.2) is 30.3 Å². The molecular formula is C22H30N6O. The van der Waals surface area contributed by atoms with Gasteiger partial charge in [0.1, 0.15) is 5.82 Å². The van der Waals surface area contributed by atoms with E-state index in [-0.39, 0.29) is 6.03 Å². The lowest BCUT2D eigenvalue weighted by Gasteiger charge is -2.36. The van der Waals surface area contributed by atoms with E-state index in [1.54, 1.807) is 0 Å². The molecule has 3 heterocycles. The SMILES string of the molecule is Cc1cccc(NC(=O)N2CCN(c3cc(C)nc(N4CCCCC4)n3)CC2)c1. The van der Waals surface area contributed by atoms with Crippen molar-refractivity contribution in [3.8, 4) is 0 Å². The number of benzene rings is 1.